The first-order chi connectivity index (χ1) is 12.9. The van der Waals surface area contributed by atoms with E-state index in [0.717, 1.165) is 44.8 Å². The highest BCUT2D eigenvalue weighted by Gasteiger charge is 2.24. The van der Waals surface area contributed by atoms with Gasteiger partial charge in [-0.3, -0.25) is 4.90 Å². The standard InChI is InChI=1S/C21H30N4O2/c1-21(2,3)27-20(26)23-18-9-12-24(13-10-18)16-19-22-11-14-25(19)15-17-7-5-4-6-8-17/h4-8,11,14,18H,9-10,12-13,15-16H2,1-3H3,(H,23,26). The van der Waals surface area contributed by atoms with Gasteiger partial charge in [0.1, 0.15) is 11.4 Å². The van der Waals surface area contributed by atoms with Crippen molar-refractivity contribution in [3.63, 3.8) is 0 Å². The molecule has 6 nitrogen and oxygen atoms in total. The number of rotatable bonds is 5. The van der Waals surface area contributed by atoms with Crippen LogP contribution in [0.5, 0.6) is 0 Å². The number of hydrogen-bond donors (Lipinski definition) is 1. The van der Waals surface area contributed by atoms with Crippen molar-refractivity contribution in [3.8, 4) is 0 Å². The van der Waals surface area contributed by atoms with Crippen LogP contribution < -0.4 is 5.32 Å². The lowest BCUT2D eigenvalue weighted by molar-refractivity contribution is 0.0476. The summed E-state index contributed by atoms with van der Waals surface area (Å²) in [6, 6.07) is 10.6. The van der Waals surface area contributed by atoms with E-state index in [4.69, 9.17) is 4.74 Å². The molecule has 1 N–H and O–H groups in total. The number of hydrogen-bond acceptors (Lipinski definition) is 4. The second kappa shape index (κ2) is 8.57. The topological polar surface area (TPSA) is 59.4 Å². The predicted octanol–water partition coefficient (Wildman–Crippen LogP) is 3.42. The van der Waals surface area contributed by atoms with Gasteiger partial charge in [-0.05, 0) is 39.2 Å². The number of amides is 1. The molecule has 2 aromatic rings. The number of aromatic nitrogens is 2. The fraction of sp³-hybridized carbons (Fsp3) is 0.524. The maximum atomic E-state index is 11.9. The van der Waals surface area contributed by atoms with Crippen LogP contribution in [0.4, 0.5) is 4.79 Å². The maximum absolute atomic E-state index is 11.9. The Kier molecular flexibility index (Phi) is 6.16. The second-order valence-corrected chi connectivity index (χ2v) is 8.15. The van der Waals surface area contributed by atoms with E-state index in [1.807, 2.05) is 39.2 Å². The Labute approximate surface area is 161 Å². The minimum atomic E-state index is -0.458. The lowest BCUT2D eigenvalue weighted by Gasteiger charge is -2.32. The molecule has 6 heteroatoms. The average molecular weight is 370 g/mol. The van der Waals surface area contributed by atoms with Crippen molar-refractivity contribution in [2.24, 2.45) is 0 Å². The van der Waals surface area contributed by atoms with Crippen LogP contribution in [0, 0.1) is 0 Å². The number of benzene rings is 1. The molecule has 1 aromatic heterocycles. The quantitative estimate of drug-likeness (QED) is 0.876. The third kappa shape index (κ3) is 6.10. The van der Waals surface area contributed by atoms with Crippen LogP contribution in [0.2, 0.25) is 0 Å². The molecule has 1 aliphatic heterocycles. The molecular formula is C21H30N4O2. The van der Waals surface area contributed by atoms with Crippen molar-refractivity contribution in [2.75, 3.05) is 13.1 Å². The van der Waals surface area contributed by atoms with E-state index < -0.39 is 5.60 Å². The van der Waals surface area contributed by atoms with E-state index in [9.17, 15) is 4.79 Å². The number of ether oxygens (including phenoxy) is 1. The summed E-state index contributed by atoms with van der Waals surface area (Å²) in [5, 5.41) is 2.99. The minimum Gasteiger partial charge on any atom is -0.444 e. The zero-order chi connectivity index (χ0) is 19.3. The van der Waals surface area contributed by atoms with Gasteiger partial charge >= 0.3 is 6.09 Å². The number of nitrogens with one attached hydrogen (secondary N) is 1. The fourth-order valence-corrected chi connectivity index (χ4v) is 3.33. The van der Waals surface area contributed by atoms with Crippen LogP contribution in [0.1, 0.15) is 45.0 Å². The van der Waals surface area contributed by atoms with Gasteiger partial charge in [-0.15, -0.1) is 0 Å². The summed E-state index contributed by atoms with van der Waals surface area (Å²) in [7, 11) is 0. The predicted molar refractivity (Wildman–Crippen MR) is 105 cm³/mol. The Morgan fingerprint density at radius 2 is 1.89 bits per heavy atom. The molecule has 0 atom stereocenters. The summed E-state index contributed by atoms with van der Waals surface area (Å²) >= 11 is 0. The van der Waals surface area contributed by atoms with Crippen LogP contribution in [-0.2, 0) is 17.8 Å². The third-order valence-electron chi connectivity index (χ3n) is 4.67. The Morgan fingerprint density at radius 3 is 2.56 bits per heavy atom. The van der Waals surface area contributed by atoms with Crippen molar-refractivity contribution < 1.29 is 9.53 Å². The number of carbonyl (C=O) groups excluding carboxylic acids is 1. The van der Waals surface area contributed by atoms with Gasteiger partial charge in [0, 0.05) is 38.1 Å². The number of likely N-dealkylation sites (tertiary alicyclic amines) is 1. The first-order valence-corrected chi connectivity index (χ1v) is 9.65. The Hall–Kier alpha value is -2.34. The number of alkyl carbamates (subject to hydrolysis) is 1. The fourth-order valence-electron chi connectivity index (χ4n) is 3.33. The monoisotopic (exact) mass is 370 g/mol. The third-order valence-corrected chi connectivity index (χ3v) is 4.67. The van der Waals surface area contributed by atoms with Gasteiger partial charge in [0.2, 0.25) is 0 Å². The van der Waals surface area contributed by atoms with E-state index in [1.165, 1.54) is 5.56 Å². The molecule has 1 fully saturated rings. The Balaban J connectivity index is 1.47. The van der Waals surface area contributed by atoms with Crippen molar-refractivity contribution in [2.45, 2.75) is 58.3 Å². The number of nitrogens with zero attached hydrogens (tertiary/aromatic N) is 3. The molecule has 1 saturated heterocycles. The van der Waals surface area contributed by atoms with E-state index in [1.54, 1.807) is 0 Å². The molecule has 0 saturated carbocycles. The van der Waals surface area contributed by atoms with Crippen molar-refractivity contribution in [1.29, 1.82) is 0 Å². The molecule has 2 heterocycles. The van der Waals surface area contributed by atoms with Gasteiger partial charge in [-0.25, -0.2) is 9.78 Å². The lowest BCUT2D eigenvalue weighted by atomic mass is 10.1. The SMILES string of the molecule is CC(C)(C)OC(=O)NC1CCN(Cc2nccn2Cc2ccccc2)CC1. The van der Waals surface area contributed by atoms with Crippen LogP contribution in [0.25, 0.3) is 0 Å². The van der Waals surface area contributed by atoms with Crippen LogP contribution >= 0.6 is 0 Å². The highest BCUT2D eigenvalue weighted by molar-refractivity contribution is 5.68. The highest BCUT2D eigenvalue weighted by atomic mass is 16.6. The van der Waals surface area contributed by atoms with Gasteiger partial charge in [0.05, 0.1) is 6.54 Å². The molecule has 0 spiro atoms. The Morgan fingerprint density at radius 1 is 1.19 bits per heavy atom. The summed E-state index contributed by atoms with van der Waals surface area (Å²) in [6.07, 6.45) is 5.45. The van der Waals surface area contributed by atoms with Crippen LogP contribution in [0.3, 0.4) is 0 Å². The zero-order valence-electron chi connectivity index (χ0n) is 16.5. The van der Waals surface area contributed by atoms with Gasteiger partial charge in [0.25, 0.3) is 0 Å². The number of carbonyl (C=O) groups is 1. The molecule has 146 valence electrons. The summed E-state index contributed by atoms with van der Waals surface area (Å²) in [6.45, 7) is 9.20. The highest BCUT2D eigenvalue weighted by Crippen LogP contribution is 2.15. The molecule has 1 aromatic carbocycles. The number of imidazole rings is 1. The molecule has 27 heavy (non-hydrogen) atoms. The van der Waals surface area contributed by atoms with Crippen molar-refractivity contribution in [3.05, 3.63) is 54.1 Å². The smallest absolute Gasteiger partial charge is 0.407 e. The summed E-state index contributed by atoms with van der Waals surface area (Å²) < 4.78 is 7.56. The molecule has 0 radical (unpaired) electrons. The molecule has 1 aliphatic rings. The van der Waals surface area contributed by atoms with Crippen molar-refractivity contribution >= 4 is 6.09 Å². The molecular weight excluding hydrogens is 340 g/mol. The van der Waals surface area contributed by atoms with E-state index in [2.05, 4.69) is 44.0 Å². The van der Waals surface area contributed by atoms with Gasteiger partial charge < -0.3 is 14.6 Å². The van der Waals surface area contributed by atoms with Crippen LogP contribution in [0.15, 0.2) is 42.7 Å². The van der Waals surface area contributed by atoms with Gasteiger partial charge in [-0.1, -0.05) is 30.3 Å². The maximum Gasteiger partial charge on any atom is 0.407 e. The van der Waals surface area contributed by atoms with Crippen LogP contribution in [-0.4, -0.2) is 45.3 Å². The van der Waals surface area contributed by atoms with E-state index in [0.29, 0.717) is 0 Å². The normalized spacial score (nSPS) is 16.3. The lowest BCUT2D eigenvalue weighted by Crippen LogP contribution is -2.46. The first-order valence-electron chi connectivity index (χ1n) is 9.65. The molecule has 3 rings (SSSR count). The Bertz CT molecular complexity index is 728. The molecule has 1 amide bonds. The number of piperidine rings is 1. The zero-order valence-corrected chi connectivity index (χ0v) is 16.5. The van der Waals surface area contributed by atoms with E-state index >= 15 is 0 Å². The largest absolute Gasteiger partial charge is 0.444 e. The molecule has 0 aliphatic carbocycles. The molecule has 0 bridgehead atoms. The van der Waals surface area contributed by atoms with Gasteiger partial charge in [0.15, 0.2) is 0 Å². The molecule has 0 unspecified atom stereocenters. The summed E-state index contributed by atoms with van der Waals surface area (Å²) in [5.41, 5.74) is 0.817. The second-order valence-electron chi connectivity index (χ2n) is 8.15. The summed E-state index contributed by atoms with van der Waals surface area (Å²) in [4.78, 5) is 18.9. The summed E-state index contributed by atoms with van der Waals surface area (Å²) in [5.74, 6) is 1.08. The minimum absolute atomic E-state index is 0.181. The van der Waals surface area contributed by atoms with Crippen molar-refractivity contribution in [1.82, 2.24) is 19.8 Å². The average Bonchev–Trinajstić information content (AvgIpc) is 3.03. The van der Waals surface area contributed by atoms with E-state index in [-0.39, 0.29) is 12.1 Å². The first kappa shape index (κ1) is 19.4. The van der Waals surface area contributed by atoms with Gasteiger partial charge in [-0.2, -0.15) is 0 Å².